The number of phenols is 1. The Bertz CT molecular complexity index is 436. The smallest absolute Gasteiger partial charge is 0.123 e. The van der Waals surface area contributed by atoms with Gasteiger partial charge in [0.1, 0.15) is 11.5 Å². The molecule has 1 aromatic rings. The number of hydrogen-bond donors (Lipinski definition) is 2. The minimum Gasteiger partial charge on any atom is -0.507 e. The van der Waals surface area contributed by atoms with E-state index < -0.39 is 0 Å². The number of nitrogens with zero attached hydrogens (tertiary/aromatic N) is 1. The van der Waals surface area contributed by atoms with Gasteiger partial charge in [-0.15, -0.1) is 0 Å². The molecule has 1 aliphatic heterocycles. The second-order valence-corrected chi connectivity index (χ2v) is 5.77. The number of likely N-dealkylation sites (tertiary alicyclic amines) is 1. The van der Waals surface area contributed by atoms with Crippen LogP contribution in [0.2, 0.25) is 0 Å². The van der Waals surface area contributed by atoms with Crippen LogP contribution in [0.15, 0.2) is 18.2 Å². The summed E-state index contributed by atoms with van der Waals surface area (Å²) in [6, 6.07) is 6.14. The molecule has 4 nitrogen and oxygen atoms in total. The monoisotopic (exact) mass is 293 g/mol. The van der Waals surface area contributed by atoms with Gasteiger partial charge in [-0.1, -0.05) is 13.0 Å². The van der Waals surface area contributed by atoms with Crippen LogP contribution in [-0.2, 0) is 6.54 Å². The highest BCUT2D eigenvalue weighted by molar-refractivity contribution is 5.39. The largest absolute Gasteiger partial charge is 0.507 e. The average Bonchev–Trinajstić information content (AvgIpc) is 2.92. The lowest BCUT2D eigenvalue weighted by atomic mass is 10.1. The number of rotatable bonds is 8. The Balaban J connectivity index is 1.95. The molecular weight excluding hydrogens is 266 g/mol. The predicted octanol–water partition coefficient (Wildman–Crippen LogP) is 2.92. The summed E-state index contributed by atoms with van der Waals surface area (Å²) in [5.41, 5.74) is 0.953. The van der Waals surface area contributed by atoms with Gasteiger partial charge in [0, 0.05) is 30.8 Å². The Morgan fingerprint density at radius 2 is 2.24 bits per heavy atom. The Morgan fingerprint density at radius 3 is 2.95 bits per heavy atom. The summed E-state index contributed by atoms with van der Waals surface area (Å²) in [6.07, 6.45) is 5.25. The lowest BCUT2D eigenvalue weighted by Gasteiger charge is -2.24. The summed E-state index contributed by atoms with van der Waals surface area (Å²) in [4.78, 5) is 2.41. The van der Waals surface area contributed by atoms with E-state index in [9.17, 15) is 5.11 Å². The van der Waals surface area contributed by atoms with Gasteiger partial charge in [0.15, 0.2) is 0 Å². The molecule has 0 radical (unpaired) electrons. The Labute approximate surface area is 127 Å². The lowest BCUT2D eigenvalue weighted by molar-refractivity contribution is 0.208. The van der Waals surface area contributed by atoms with E-state index in [-0.39, 0.29) is 6.61 Å². The summed E-state index contributed by atoms with van der Waals surface area (Å²) in [5, 5.41) is 19.1. The van der Waals surface area contributed by atoms with Crippen LogP contribution >= 0.6 is 0 Å². The maximum Gasteiger partial charge on any atom is 0.123 e. The average molecular weight is 293 g/mol. The van der Waals surface area contributed by atoms with Gasteiger partial charge in [-0.3, -0.25) is 4.90 Å². The van der Waals surface area contributed by atoms with Crippen molar-refractivity contribution in [2.75, 3.05) is 19.8 Å². The molecule has 1 aliphatic rings. The van der Waals surface area contributed by atoms with Gasteiger partial charge >= 0.3 is 0 Å². The molecule has 0 spiro atoms. The maximum absolute atomic E-state index is 10.2. The predicted molar refractivity (Wildman–Crippen MR) is 83.6 cm³/mol. The molecule has 2 rings (SSSR count). The van der Waals surface area contributed by atoms with E-state index in [0.717, 1.165) is 43.7 Å². The molecule has 1 heterocycles. The first kappa shape index (κ1) is 16.1. The fourth-order valence-corrected chi connectivity index (χ4v) is 2.96. The third-order valence-corrected chi connectivity index (χ3v) is 4.10. The fourth-order valence-electron chi connectivity index (χ4n) is 2.96. The Hall–Kier alpha value is -1.26. The van der Waals surface area contributed by atoms with Crippen LogP contribution in [0.1, 0.15) is 44.6 Å². The third-order valence-electron chi connectivity index (χ3n) is 4.10. The first-order chi connectivity index (χ1) is 10.2. The van der Waals surface area contributed by atoms with E-state index in [1.165, 1.54) is 12.8 Å². The van der Waals surface area contributed by atoms with Crippen LogP contribution in [0.4, 0.5) is 0 Å². The van der Waals surface area contributed by atoms with Crippen LogP contribution in [-0.4, -0.2) is 40.9 Å². The molecule has 118 valence electrons. The van der Waals surface area contributed by atoms with E-state index in [4.69, 9.17) is 9.84 Å². The van der Waals surface area contributed by atoms with Gasteiger partial charge < -0.3 is 14.9 Å². The summed E-state index contributed by atoms with van der Waals surface area (Å²) < 4.78 is 5.53. The second kappa shape index (κ2) is 8.25. The molecule has 0 bridgehead atoms. The highest BCUT2D eigenvalue weighted by atomic mass is 16.5. The van der Waals surface area contributed by atoms with Crippen LogP contribution in [0, 0.1) is 0 Å². The minimum absolute atomic E-state index is 0.263. The van der Waals surface area contributed by atoms with Gasteiger partial charge in [0.25, 0.3) is 0 Å². The zero-order valence-electron chi connectivity index (χ0n) is 12.9. The summed E-state index contributed by atoms with van der Waals surface area (Å²) in [6.45, 7) is 4.85. The molecule has 1 fully saturated rings. The SMILES string of the molecule is CCCOc1ccc(CN2CCCC2CCCO)c(O)c1. The topological polar surface area (TPSA) is 52.9 Å². The number of phenolic OH excluding ortho intramolecular Hbond substituents is 1. The van der Waals surface area contributed by atoms with E-state index in [1.807, 2.05) is 12.1 Å². The van der Waals surface area contributed by atoms with Crippen LogP contribution in [0.5, 0.6) is 11.5 Å². The number of hydrogen-bond acceptors (Lipinski definition) is 4. The van der Waals surface area contributed by atoms with Crippen molar-refractivity contribution in [2.24, 2.45) is 0 Å². The molecule has 1 atom stereocenters. The standard InChI is InChI=1S/C17H27NO3/c1-2-11-21-16-8-7-14(17(20)12-16)13-18-9-3-5-15(18)6-4-10-19/h7-8,12,15,19-20H,2-6,9-11,13H2,1H3. The molecule has 0 amide bonds. The normalized spacial score (nSPS) is 19.0. The van der Waals surface area contributed by atoms with E-state index in [2.05, 4.69) is 11.8 Å². The van der Waals surface area contributed by atoms with Crippen LogP contribution in [0.25, 0.3) is 0 Å². The van der Waals surface area contributed by atoms with Crippen molar-refractivity contribution in [1.29, 1.82) is 0 Å². The van der Waals surface area contributed by atoms with E-state index in [1.54, 1.807) is 6.07 Å². The van der Waals surface area contributed by atoms with E-state index >= 15 is 0 Å². The fraction of sp³-hybridized carbons (Fsp3) is 0.647. The molecule has 1 aromatic carbocycles. The van der Waals surface area contributed by atoms with Crippen molar-refractivity contribution in [2.45, 2.75) is 51.6 Å². The van der Waals surface area contributed by atoms with Gasteiger partial charge in [0.2, 0.25) is 0 Å². The first-order valence-corrected chi connectivity index (χ1v) is 8.04. The molecule has 0 aromatic heterocycles. The third kappa shape index (κ3) is 4.61. The Kier molecular flexibility index (Phi) is 6.33. The van der Waals surface area contributed by atoms with Gasteiger partial charge in [-0.05, 0) is 44.7 Å². The van der Waals surface area contributed by atoms with Crippen molar-refractivity contribution in [3.63, 3.8) is 0 Å². The van der Waals surface area contributed by atoms with Gasteiger partial charge in [0.05, 0.1) is 6.61 Å². The van der Waals surface area contributed by atoms with Crippen molar-refractivity contribution in [1.82, 2.24) is 4.90 Å². The molecule has 1 unspecified atom stereocenters. The number of ether oxygens (including phenoxy) is 1. The maximum atomic E-state index is 10.2. The number of aromatic hydroxyl groups is 1. The molecule has 2 N–H and O–H groups in total. The van der Waals surface area contributed by atoms with Gasteiger partial charge in [-0.2, -0.15) is 0 Å². The Morgan fingerprint density at radius 1 is 1.38 bits per heavy atom. The summed E-state index contributed by atoms with van der Waals surface area (Å²) in [5.74, 6) is 1.05. The highest BCUT2D eigenvalue weighted by Gasteiger charge is 2.24. The number of aliphatic hydroxyl groups excluding tert-OH is 1. The highest BCUT2D eigenvalue weighted by Crippen LogP contribution is 2.29. The molecular formula is C17H27NO3. The summed E-state index contributed by atoms with van der Waals surface area (Å²) >= 11 is 0. The zero-order valence-corrected chi connectivity index (χ0v) is 12.9. The van der Waals surface area contributed by atoms with Crippen molar-refractivity contribution < 1.29 is 14.9 Å². The molecule has 0 aliphatic carbocycles. The first-order valence-electron chi connectivity index (χ1n) is 8.04. The van der Waals surface area contributed by atoms with Crippen LogP contribution in [0.3, 0.4) is 0 Å². The molecule has 0 saturated carbocycles. The van der Waals surface area contributed by atoms with Crippen molar-refractivity contribution >= 4 is 0 Å². The van der Waals surface area contributed by atoms with Gasteiger partial charge in [-0.25, -0.2) is 0 Å². The quantitative estimate of drug-likeness (QED) is 0.774. The lowest BCUT2D eigenvalue weighted by Crippen LogP contribution is -2.29. The second-order valence-electron chi connectivity index (χ2n) is 5.77. The number of aliphatic hydroxyl groups is 1. The zero-order chi connectivity index (χ0) is 15.1. The summed E-state index contributed by atoms with van der Waals surface area (Å²) in [7, 11) is 0. The molecule has 1 saturated heterocycles. The number of benzene rings is 1. The van der Waals surface area contributed by atoms with Crippen molar-refractivity contribution in [3.05, 3.63) is 23.8 Å². The molecule has 21 heavy (non-hydrogen) atoms. The molecule has 4 heteroatoms. The van der Waals surface area contributed by atoms with Crippen molar-refractivity contribution in [3.8, 4) is 11.5 Å². The van der Waals surface area contributed by atoms with Crippen LogP contribution < -0.4 is 4.74 Å². The van der Waals surface area contributed by atoms with E-state index in [0.29, 0.717) is 18.4 Å². The minimum atomic E-state index is 0.263.